The van der Waals surface area contributed by atoms with Gasteiger partial charge in [0.1, 0.15) is 5.82 Å². The van der Waals surface area contributed by atoms with E-state index in [9.17, 15) is 0 Å². The highest BCUT2D eigenvalue weighted by atomic mass is 15.2. The Morgan fingerprint density at radius 3 is 2.76 bits per heavy atom. The lowest BCUT2D eigenvalue weighted by Gasteiger charge is -2.26. The third-order valence-electron chi connectivity index (χ3n) is 3.72. The van der Waals surface area contributed by atoms with Crippen molar-refractivity contribution < 1.29 is 0 Å². The Morgan fingerprint density at radius 2 is 2.18 bits per heavy atom. The molecule has 2 aliphatic carbocycles. The molecule has 2 aliphatic rings. The van der Waals surface area contributed by atoms with E-state index >= 15 is 0 Å². The molecule has 0 amide bonds. The topological polar surface area (TPSA) is 42.1 Å². The van der Waals surface area contributed by atoms with E-state index in [1.807, 2.05) is 19.2 Å². The van der Waals surface area contributed by atoms with Crippen molar-refractivity contribution in [3.8, 4) is 0 Å². The Balaban J connectivity index is 1.87. The molecule has 0 radical (unpaired) electrons. The SMILES string of the molecule is C[C@H](N)c1cccnc1N(CC1CC1)C1CC1. The molecule has 1 aromatic rings. The van der Waals surface area contributed by atoms with Crippen LogP contribution in [0.4, 0.5) is 5.82 Å². The van der Waals surface area contributed by atoms with E-state index in [-0.39, 0.29) is 6.04 Å². The average Bonchev–Trinajstić information content (AvgIpc) is 3.17. The summed E-state index contributed by atoms with van der Waals surface area (Å²) in [7, 11) is 0. The Morgan fingerprint density at radius 1 is 1.41 bits per heavy atom. The minimum atomic E-state index is 0.0687. The molecule has 1 aromatic heterocycles. The molecule has 17 heavy (non-hydrogen) atoms. The van der Waals surface area contributed by atoms with E-state index in [1.165, 1.54) is 37.8 Å². The average molecular weight is 231 g/mol. The van der Waals surface area contributed by atoms with Crippen molar-refractivity contribution in [2.45, 2.75) is 44.7 Å². The fourth-order valence-corrected chi connectivity index (χ4v) is 2.38. The zero-order valence-corrected chi connectivity index (χ0v) is 10.5. The number of anilines is 1. The Hall–Kier alpha value is -1.09. The number of nitrogens with zero attached hydrogens (tertiary/aromatic N) is 2. The van der Waals surface area contributed by atoms with Crippen LogP contribution in [0, 0.1) is 5.92 Å². The monoisotopic (exact) mass is 231 g/mol. The van der Waals surface area contributed by atoms with Gasteiger partial charge in [0.2, 0.25) is 0 Å². The lowest BCUT2D eigenvalue weighted by atomic mass is 10.1. The maximum Gasteiger partial charge on any atom is 0.133 e. The van der Waals surface area contributed by atoms with Crippen LogP contribution in [0.25, 0.3) is 0 Å². The van der Waals surface area contributed by atoms with Crippen LogP contribution in [0.2, 0.25) is 0 Å². The molecule has 1 heterocycles. The summed E-state index contributed by atoms with van der Waals surface area (Å²) in [5.74, 6) is 2.04. The highest BCUT2D eigenvalue weighted by Crippen LogP contribution is 2.38. The van der Waals surface area contributed by atoms with Crippen molar-refractivity contribution in [3.05, 3.63) is 23.9 Å². The summed E-state index contributed by atoms with van der Waals surface area (Å²) in [4.78, 5) is 7.10. The van der Waals surface area contributed by atoms with E-state index in [1.54, 1.807) is 0 Å². The maximum absolute atomic E-state index is 6.05. The molecule has 2 N–H and O–H groups in total. The minimum Gasteiger partial charge on any atom is -0.353 e. The molecule has 3 heteroatoms. The second kappa shape index (κ2) is 4.30. The summed E-state index contributed by atoms with van der Waals surface area (Å²) >= 11 is 0. The Labute approximate surface area is 103 Å². The standard InChI is InChI=1S/C14H21N3/c1-10(15)13-3-2-8-16-14(13)17(12-6-7-12)9-11-4-5-11/h2-3,8,10-12H,4-7,9,15H2,1H3/t10-/m0/s1. The molecule has 0 spiro atoms. The largest absolute Gasteiger partial charge is 0.353 e. The second-order valence-electron chi connectivity index (χ2n) is 5.53. The zero-order chi connectivity index (χ0) is 11.8. The van der Waals surface area contributed by atoms with E-state index in [0.29, 0.717) is 0 Å². The first-order valence-corrected chi connectivity index (χ1v) is 6.73. The molecule has 1 atom stereocenters. The van der Waals surface area contributed by atoms with Gasteiger partial charge in [-0.3, -0.25) is 0 Å². The first kappa shape index (κ1) is 11.0. The van der Waals surface area contributed by atoms with Gasteiger partial charge in [-0.05, 0) is 44.6 Å². The van der Waals surface area contributed by atoms with Crippen molar-refractivity contribution >= 4 is 5.82 Å². The smallest absolute Gasteiger partial charge is 0.133 e. The summed E-state index contributed by atoms with van der Waals surface area (Å²) in [6.07, 6.45) is 7.32. The van der Waals surface area contributed by atoms with Crippen molar-refractivity contribution in [3.63, 3.8) is 0 Å². The maximum atomic E-state index is 6.05. The third kappa shape index (κ3) is 2.44. The normalized spacial score (nSPS) is 21.3. The number of hydrogen-bond acceptors (Lipinski definition) is 3. The number of nitrogens with two attached hydrogens (primary N) is 1. The predicted octanol–water partition coefficient (Wildman–Crippen LogP) is 2.48. The first-order valence-electron chi connectivity index (χ1n) is 6.73. The summed E-state index contributed by atoms with van der Waals surface area (Å²) in [6.45, 7) is 3.23. The van der Waals surface area contributed by atoms with E-state index in [4.69, 9.17) is 5.73 Å². The van der Waals surface area contributed by atoms with Crippen LogP contribution in [-0.4, -0.2) is 17.6 Å². The molecule has 92 valence electrons. The first-order chi connectivity index (χ1) is 8.25. The Bertz CT molecular complexity index is 394. The van der Waals surface area contributed by atoms with Gasteiger partial charge < -0.3 is 10.6 Å². The summed E-state index contributed by atoms with van der Waals surface area (Å²) in [6, 6.07) is 4.90. The molecule has 0 aromatic carbocycles. The summed E-state index contributed by atoms with van der Waals surface area (Å²) in [5.41, 5.74) is 7.25. The molecule has 2 fully saturated rings. The molecule has 0 unspecified atom stereocenters. The van der Waals surface area contributed by atoms with E-state index < -0.39 is 0 Å². The number of rotatable bonds is 5. The lowest BCUT2D eigenvalue weighted by Crippen LogP contribution is -2.30. The highest BCUT2D eigenvalue weighted by molar-refractivity contribution is 5.50. The predicted molar refractivity (Wildman–Crippen MR) is 69.9 cm³/mol. The van der Waals surface area contributed by atoms with E-state index in [0.717, 1.165) is 17.8 Å². The second-order valence-corrected chi connectivity index (χ2v) is 5.53. The molecular formula is C14H21N3. The molecular weight excluding hydrogens is 210 g/mol. The molecule has 0 saturated heterocycles. The number of pyridine rings is 1. The zero-order valence-electron chi connectivity index (χ0n) is 10.5. The number of aromatic nitrogens is 1. The summed E-state index contributed by atoms with van der Waals surface area (Å²) in [5, 5.41) is 0. The molecule has 2 saturated carbocycles. The highest BCUT2D eigenvalue weighted by Gasteiger charge is 2.35. The van der Waals surface area contributed by atoms with Crippen LogP contribution in [0.3, 0.4) is 0 Å². The molecule has 3 rings (SSSR count). The quantitative estimate of drug-likeness (QED) is 0.846. The lowest BCUT2D eigenvalue weighted by molar-refractivity contribution is 0.694. The van der Waals surface area contributed by atoms with Crippen molar-refractivity contribution in [1.82, 2.24) is 4.98 Å². The number of hydrogen-bond donors (Lipinski definition) is 1. The van der Waals surface area contributed by atoms with Gasteiger partial charge in [0.05, 0.1) is 0 Å². The molecule has 3 nitrogen and oxygen atoms in total. The summed E-state index contributed by atoms with van der Waals surface area (Å²) < 4.78 is 0. The van der Waals surface area contributed by atoms with Gasteiger partial charge >= 0.3 is 0 Å². The van der Waals surface area contributed by atoms with Crippen molar-refractivity contribution in [1.29, 1.82) is 0 Å². The van der Waals surface area contributed by atoms with Gasteiger partial charge in [-0.25, -0.2) is 4.98 Å². The van der Waals surface area contributed by atoms with Crippen LogP contribution in [0.5, 0.6) is 0 Å². The molecule has 0 bridgehead atoms. The Kier molecular flexibility index (Phi) is 2.79. The van der Waals surface area contributed by atoms with Gasteiger partial charge in [0.25, 0.3) is 0 Å². The van der Waals surface area contributed by atoms with Gasteiger partial charge in [0.15, 0.2) is 0 Å². The van der Waals surface area contributed by atoms with Crippen LogP contribution in [-0.2, 0) is 0 Å². The third-order valence-corrected chi connectivity index (χ3v) is 3.72. The van der Waals surface area contributed by atoms with Gasteiger partial charge in [-0.2, -0.15) is 0 Å². The van der Waals surface area contributed by atoms with Gasteiger partial charge in [0, 0.05) is 30.4 Å². The fourth-order valence-electron chi connectivity index (χ4n) is 2.38. The van der Waals surface area contributed by atoms with Crippen LogP contribution in [0.15, 0.2) is 18.3 Å². The fraction of sp³-hybridized carbons (Fsp3) is 0.643. The van der Waals surface area contributed by atoms with Gasteiger partial charge in [-0.1, -0.05) is 6.07 Å². The minimum absolute atomic E-state index is 0.0687. The van der Waals surface area contributed by atoms with Gasteiger partial charge in [-0.15, -0.1) is 0 Å². The van der Waals surface area contributed by atoms with Crippen molar-refractivity contribution in [2.24, 2.45) is 11.7 Å². The van der Waals surface area contributed by atoms with Crippen LogP contribution in [0.1, 0.15) is 44.2 Å². The van der Waals surface area contributed by atoms with Crippen LogP contribution >= 0.6 is 0 Å². The van der Waals surface area contributed by atoms with Crippen molar-refractivity contribution in [2.75, 3.05) is 11.4 Å². The molecule has 0 aliphatic heterocycles. The van der Waals surface area contributed by atoms with Crippen LogP contribution < -0.4 is 10.6 Å². The van der Waals surface area contributed by atoms with E-state index in [2.05, 4.69) is 16.0 Å².